The van der Waals surface area contributed by atoms with Gasteiger partial charge in [-0.3, -0.25) is 0 Å². The number of pyridine rings is 1. The average molecular weight is 273 g/mol. The summed E-state index contributed by atoms with van der Waals surface area (Å²) < 4.78 is 0. The second-order valence-electron chi connectivity index (χ2n) is 5.07. The molecule has 2 aromatic carbocycles. The van der Waals surface area contributed by atoms with Crippen molar-refractivity contribution >= 4 is 22.3 Å². The molecule has 0 atom stereocenters. The van der Waals surface area contributed by atoms with Crippen molar-refractivity contribution in [3.8, 4) is 6.07 Å². The van der Waals surface area contributed by atoms with E-state index < -0.39 is 0 Å². The van der Waals surface area contributed by atoms with Crippen LogP contribution in [0.25, 0.3) is 10.8 Å². The fourth-order valence-corrected chi connectivity index (χ4v) is 2.53. The molecule has 0 spiro atoms. The Bertz CT molecular complexity index is 855. The van der Waals surface area contributed by atoms with E-state index in [-0.39, 0.29) is 0 Å². The normalized spacial score (nSPS) is 10.3. The van der Waals surface area contributed by atoms with Crippen LogP contribution in [0.3, 0.4) is 0 Å². The molecule has 1 heterocycles. The Labute approximate surface area is 123 Å². The molecule has 21 heavy (non-hydrogen) atoms. The summed E-state index contributed by atoms with van der Waals surface area (Å²) in [4.78, 5) is 4.47. The van der Waals surface area contributed by atoms with E-state index in [4.69, 9.17) is 0 Å². The molecule has 0 aliphatic heterocycles. The number of benzene rings is 2. The van der Waals surface area contributed by atoms with Crippen molar-refractivity contribution in [1.29, 1.82) is 5.26 Å². The third-order valence-electron chi connectivity index (χ3n) is 3.50. The molecule has 3 rings (SSSR count). The maximum Gasteiger partial charge on any atom is 0.148 e. The minimum Gasteiger partial charge on any atom is -0.339 e. The van der Waals surface area contributed by atoms with Gasteiger partial charge in [-0.15, -0.1) is 0 Å². The van der Waals surface area contributed by atoms with Gasteiger partial charge in [-0.05, 0) is 36.9 Å². The van der Waals surface area contributed by atoms with E-state index in [2.05, 4.69) is 34.6 Å². The molecule has 0 saturated heterocycles. The lowest BCUT2D eigenvalue weighted by atomic mass is 10.1. The molecular weight excluding hydrogens is 258 g/mol. The smallest absolute Gasteiger partial charge is 0.148 e. The first-order valence-corrected chi connectivity index (χ1v) is 6.82. The summed E-state index contributed by atoms with van der Waals surface area (Å²) in [5.41, 5.74) is 3.39. The van der Waals surface area contributed by atoms with Gasteiger partial charge in [0, 0.05) is 16.8 Å². The van der Waals surface area contributed by atoms with Crippen molar-refractivity contribution < 1.29 is 0 Å². The maximum atomic E-state index is 9.35. The second-order valence-corrected chi connectivity index (χ2v) is 5.07. The fraction of sp³-hybridized carbons (Fsp3) is 0.111. The van der Waals surface area contributed by atoms with Gasteiger partial charge < -0.3 is 5.32 Å². The molecule has 3 heteroatoms. The third-order valence-corrected chi connectivity index (χ3v) is 3.50. The Morgan fingerprint density at radius 2 is 1.81 bits per heavy atom. The first kappa shape index (κ1) is 13.1. The zero-order valence-corrected chi connectivity index (χ0v) is 12.0. The first-order valence-electron chi connectivity index (χ1n) is 6.82. The third kappa shape index (κ3) is 2.44. The number of aromatic nitrogens is 1. The number of aryl methyl sites for hydroxylation is 2. The predicted octanol–water partition coefficient (Wildman–Crippen LogP) is 4.47. The van der Waals surface area contributed by atoms with Crippen LogP contribution >= 0.6 is 0 Å². The minimum atomic E-state index is 0.591. The number of anilines is 2. The molecule has 0 aliphatic rings. The van der Waals surface area contributed by atoms with Crippen LogP contribution in [0, 0.1) is 25.2 Å². The van der Waals surface area contributed by atoms with Crippen LogP contribution in [-0.2, 0) is 0 Å². The van der Waals surface area contributed by atoms with Crippen molar-refractivity contribution in [2.75, 3.05) is 5.32 Å². The summed E-state index contributed by atoms with van der Waals surface area (Å²) >= 11 is 0. The topological polar surface area (TPSA) is 48.7 Å². The van der Waals surface area contributed by atoms with E-state index in [1.165, 1.54) is 0 Å². The van der Waals surface area contributed by atoms with Crippen molar-refractivity contribution in [3.63, 3.8) is 0 Å². The fourth-order valence-electron chi connectivity index (χ4n) is 2.53. The van der Waals surface area contributed by atoms with Crippen molar-refractivity contribution in [3.05, 3.63) is 65.4 Å². The van der Waals surface area contributed by atoms with Gasteiger partial charge in [-0.1, -0.05) is 36.4 Å². The van der Waals surface area contributed by atoms with Gasteiger partial charge in [0.15, 0.2) is 0 Å². The summed E-state index contributed by atoms with van der Waals surface area (Å²) in [7, 11) is 0. The lowest BCUT2D eigenvalue weighted by Gasteiger charge is -2.12. The van der Waals surface area contributed by atoms with E-state index in [1.54, 1.807) is 0 Å². The van der Waals surface area contributed by atoms with Gasteiger partial charge in [0.25, 0.3) is 0 Å². The van der Waals surface area contributed by atoms with E-state index in [9.17, 15) is 5.26 Å². The summed E-state index contributed by atoms with van der Waals surface area (Å²) in [6.45, 7) is 3.87. The van der Waals surface area contributed by atoms with E-state index in [0.717, 1.165) is 27.7 Å². The standard InChI is InChI=1S/C18H15N3/c1-12-10-13(2)20-18(16(12)11-19)21-17-9-5-7-14-6-3-4-8-15(14)17/h3-10H,1-2H3,(H,20,21). The van der Waals surface area contributed by atoms with Gasteiger partial charge in [0.1, 0.15) is 11.9 Å². The van der Waals surface area contributed by atoms with Crippen LogP contribution in [-0.4, -0.2) is 4.98 Å². The van der Waals surface area contributed by atoms with Crippen molar-refractivity contribution in [2.24, 2.45) is 0 Å². The van der Waals surface area contributed by atoms with Gasteiger partial charge in [0.05, 0.1) is 5.56 Å². The molecule has 0 unspecified atom stereocenters. The number of hydrogen-bond donors (Lipinski definition) is 1. The predicted molar refractivity (Wildman–Crippen MR) is 85.7 cm³/mol. The molecule has 1 N–H and O–H groups in total. The quantitative estimate of drug-likeness (QED) is 0.749. The highest BCUT2D eigenvalue weighted by Crippen LogP contribution is 2.28. The van der Waals surface area contributed by atoms with Crippen LogP contribution in [0.1, 0.15) is 16.8 Å². The van der Waals surface area contributed by atoms with Crippen LogP contribution < -0.4 is 5.32 Å². The number of fused-ring (bicyclic) bond motifs is 1. The highest BCUT2D eigenvalue weighted by molar-refractivity contribution is 5.95. The van der Waals surface area contributed by atoms with E-state index >= 15 is 0 Å². The lowest BCUT2D eigenvalue weighted by Crippen LogP contribution is -2.01. The molecule has 0 amide bonds. The molecule has 0 aliphatic carbocycles. The number of nitrogens with zero attached hydrogens (tertiary/aromatic N) is 2. The minimum absolute atomic E-state index is 0.591. The van der Waals surface area contributed by atoms with Crippen LogP contribution in [0.4, 0.5) is 11.5 Å². The van der Waals surface area contributed by atoms with Gasteiger partial charge >= 0.3 is 0 Å². The zero-order chi connectivity index (χ0) is 14.8. The van der Waals surface area contributed by atoms with Gasteiger partial charge in [-0.2, -0.15) is 5.26 Å². The Morgan fingerprint density at radius 1 is 1.05 bits per heavy atom. The Kier molecular flexibility index (Phi) is 3.29. The molecule has 102 valence electrons. The molecule has 0 bridgehead atoms. The molecule has 3 aromatic rings. The summed E-state index contributed by atoms with van der Waals surface area (Å²) in [6.07, 6.45) is 0. The van der Waals surface area contributed by atoms with Crippen molar-refractivity contribution in [2.45, 2.75) is 13.8 Å². The monoisotopic (exact) mass is 273 g/mol. The number of nitriles is 1. The molecule has 1 aromatic heterocycles. The first-order chi connectivity index (χ1) is 10.2. The largest absolute Gasteiger partial charge is 0.339 e. The summed E-state index contributed by atoms with van der Waals surface area (Å²) in [6, 6.07) is 18.4. The Morgan fingerprint density at radius 3 is 2.62 bits per heavy atom. The highest BCUT2D eigenvalue weighted by atomic mass is 15.0. The Balaban J connectivity index is 2.14. The summed E-state index contributed by atoms with van der Waals surface area (Å²) in [5.74, 6) is 0.617. The maximum absolute atomic E-state index is 9.35. The highest BCUT2D eigenvalue weighted by Gasteiger charge is 2.10. The van der Waals surface area contributed by atoms with Gasteiger partial charge in [0.2, 0.25) is 0 Å². The summed E-state index contributed by atoms with van der Waals surface area (Å²) in [5, 5.41) is 14.9. The second kappa shape index (κ2) is 5.26. The van der Waals surface area contributed by atoms with Crippen LogP contribution in [0.5, 0.6) is 0 Å². The van der Waals surface area contributed by atoms with Crippen molar-refractivity contribution in [1.82, 2.24) is 4.98 Å². The number of hydrogen-bond acceptors (Lipinski definition) is 3. The molecule has 0 fully saturated rings. The SMILES string of the molecule is Cc1cc(C)c(C#N)c(Nc2cccc3ccccc23)n1. The van der Waals surface area contributed by atoms with Crippen LogP contribution in [0.2, 0.25) is 0 Å². The number of rotatable bonds is 2. The van der Waals surface area contributed by atoms with Gasteiger partial charge in [-0.25, -0.2) is 4.98 Å². The zero-order valence-electron chi connectivity index (χ0n) is 12.0. The average Bonchev–Trinajstić information content (AvgIpc) is 2.47. The lowest BCUT2D eigenvalue weighted by molar-refractivity contribution is 1.16. The van der Waals surface area contributed by atoms with E-state index in [0.29, 0.717) is 11.4 Å². The molecule has 0 saturated carbocycles. The Hall–Kier alpha value is -2.86. The molecule has 0 radical (unpaired) electrons. The van der Waals surface area contributed by atoms with E-state index in [1.807, 2.05) is 44.2 Å². The molecular formula is C18H15N3. The number of nitrogens with one attached hydrogen (secondary N) is 1. The molecule has 3 nitrogen and oxygen atoms in total. The van der Waals surface area contributed by atoms with Crippen LogP contribution in [0.15, 0.2) is 48.5 Å².